The van der Waals surface area contributed by atoms with Gasteiger partial charge in [-0.2, -0.15) is 0 Å². The van der Waals surface area contributed by atoms with Crippen LogP contribution in [0.1, 0.15) is 74.1 Å². The highest BCUT2D eigenvalue weighted by atomic mass is 16.5. The van der Waals surface area contributed by atoms with Crippen LogP contribution in [0.5, 0.6) is 5.75 Å². The van der Waals surface area contributed by atoms with E-state index in [-0.39, 0.29) is 43.5 Å². The van der Waals surface area contributed by atoms with Crippen LogP contribution in [0.25, 0.3) is 0 Å². The van der Waals surface area contributed by atoms with Crippen LogP contribution in [-0.4, -0.2) is 142 Å². The molecule has 6 amide bonds. The number of benzene rings is 2. The molecule has 7 atom stereocenters. The van der Waals surface area contributed by atoms with E-state index in [1.807, 2.05) is 43.3 Å². The fourth-order valence-electron chi connectivity index (χ4n) is 8.31. The molecule has 344 valence electrons. The molecule has 2 aromatic carbocycles. The lowest BCUT2D eigenvalue weighted by Crippen LogP contribution is -2.64. The van der Waals surface area contributed by atoms with Gasteiger partial charge in [-0.3, -0.25) is 33.6 Å². The number of cyclic esters (lactones) is 1. The van der Waals surface area contributed by atoms with Gasteiger partial charge in [-0.15, -0.1) is 0 Å². The molecule has 0 aliphatic carbocycles. The van der Waals surface area contributed by atoms with Crippen molar-refractivity contribution < 1.29 is 48.2 Å². The monoisotopic (exact) mass is 892 g/mol. The Hall–Kier alpha value is -7.11. The molecule has 0 radical (unpaired) electrons. The predicted molar refractivity (Wildman–Crippen MR) is 237 cm³/mol. The number of rotatable bonds is 7. The number of Topliss-reactive ketones (excluding diaryl/α,β-unsaturated/α-hetero) is 1. The van der Waals surface area contributed by atoms with Crippen LogP contribution >= 0.6 is 0 Å². The molecule has 3 aromatic rings. The van der Waals surface area contributed by atoms with Crippen LogP contribution in [0.2, 0.25) is 0 Å². The minimum Gasteiger partial charge on any atom is -0.505 e. The highest BCUT2D eigenvalue weighted by Gasteiger charge is 2.48. The molecule has 4 heterocycles. The summed E-state index contributed by atoms with van der Waals surface area (Å²) < 4.78 is 5.89. The van der Waals surface area contributed by atoms with Crippen LogP contribution in [0, 0.1) is 0 Å². The summed E-state index contributed by atoms with van der Waals surface area (Å²) in [5.41, 5.74) is -0.243. The summed E-state index contributed by atoms with van der Waals surface area (Å²) in [6, 6.07) is 10.9. The van der Waals surface area contributed by atoms with E-state index in [1.54, 1.807) is 37.3 Å². The molecule has 0 unspecified atom stereocenters. The van der Waals surface area contributed by atoms with E-state index in [2.05, 4.69) is 27.5 Å². The van der Waals surface area contributed by atoms with Gasteiger partial charge in [-0.1, -0.05) is 56.0 Å². The summed E-state index contributed by atoms with van der Waals surface area (Å²) in [5.74, 6) is -6.75. The van der Waals surface area contributed by atoms with Crippen LogP contribution in [0.4, 0.5) is 5.69 Å². The van der Waals surface area contributed by atoms with Gasteiger partial charge in [0.05, 0.1) is 0 Å². The summed E-state index contributed by atoms with van der Waals surface area (Å²) in [6.45, 7) is 8.13. The average molecular weight is 893 g/mol. The Kier molecular flexibility index (Phi) is 14.4. The number of pyridine rings is 1. The number of amides is 6. The van der Waals surface area contributed by atoms with Gasteiger partial charge < -0.3 is 45.4 Å². The first-order valence-corrected chi connectivity index (χ1v) is 21.5. The van der Waals surface area contributed by atoms with Crippen LogP contribution < -0.4 is 20.9 Å². The molecule has 4 N–H and O–H groups in total. The molecule has 1 aromatic heterocycles. The summed E-state index contributed by atoms with van der Waals surface area (Å²) in [5, 5.41) is 18.4. The molecule has 3 fully saturated rings. The Morgan fingerprint density at radius 3 is 2.29 bits per heavy atom. The van der Waals surface area contributed by atoms with Crippen molar-refractivity contribution in [1.29, 1.82) is 0 Å². The number of nitrogens with one attached hydrogen (secondary N) is 3. The second kappa shape index (κ2) is 19.7. The number of carbonyl (C=O) groups excluding carboxylic acids is 8. The Morgan fingerprint density at radius 2 is 1.65 bits per heavy atom. The number of esters is 1. The number of carbonyl (C=O) groups is 8. The van der Waals surface area contributed by atoms with Gasteiger partial charge in [-0.05, 0) is 68.5 Å². The molecular formula is C47H56N8O10. The van der Waals surface area contributed by atoms with E-state index in [9.17, 15) is 38.7 Å². The maximum atomic E-state index is 15.1. The average Bonchev–Trinajstić information content (AvgIpc) is 3.79. The standard InChI is InChI=1S/C47H56N8O10/c1-8-47(4)46(64)54-23-13-16-32(54)43(61)53(7)34(24-29-18-20-31(21-19-29)52(5)6)44(62)55-26-27(2)36(57)25-33(55)40(58)50-38(30-14-10-9-11-15-30)45(63)65-28(3)37(42(60)51-47)49-41(59)39-35(56)17-12-22-48-39/h9-12,14-15,17-22,28,32-34,37-38,56H,2,8,13,16,23-26H2,1,3-7H3,(H,49,59)(H,50,58)(H,51,60)/t28-,32+,33+,34+,37+,38+,47-/m1/s1. The van der Waals surface area contributed by atoms with Gasteiger partial charge in [-0.25, -0.2) is 9.78 Å². The number of fused-ring (bicyclic) bond motifs is 2. The minimum atomic E-state index is -1.72. The molecule has 0 saturated carbocycles. The molecule has 65 heavy (non-hydrogen) atoms. The fourth-order valence-corrected chi connectivity index (χ4v) is 8.31. The van der Waals surface area contributed by atoms with Crippen LogP contribution in [-0.2, 0) is 44.7 Å². The number of anilines is 1. The number of piperidine rings is 1. The number of hydrogen-bond acceptors (Lipinski definition) is 12. The molecule has 3 saturated heterocycles. The lowest BCUT2D eigenvalue weighted by Gasteiger charge is -2.41. The number of ketones is 1. The fraction of sp³-hybridized carbons (Fsp3) is 0.426. The van der Waals surface area contributed by atoms with E-state index in [4.69, 9.17) is 4.74 Å². The normalized spacial score (nSPS) is 26.2. The second-order valence-corrected chi connectivity index (χ2v) is 17.1. The third-order valence-corrected chi connectivity index (χ3v) is 12.5. The summed E-state index contributed by atoms with van der Waals surface area (Å²) in [4.78, 5) is 125. The third kappa shape index (κ3) is 10.2. The lowest BCUT2D eigenvalue weighted by atomic mass is 9.93. The molecule has 18 nitrogen and oxygen atoms in total. The molecule has 0 bridgehead atoms. The van der Waals surface area contributed by atoms with Gasteiger partial charge in [0.1, 0.15) is 41.6 Å². The van der Waals surface area contributed by atoms with Crippen molar-refractivity contribution in [2.24, 2.45) is 0 Å². The van der Waals surface area contributed by atoms with Gasteiger partial charge in [0.25, 0.3) is 5.91 Å². The van der Waals surface area contributed by atoms with E-state index < -0.39 is 107 Å². The molecular weight excluding hydrogens is 837 g/mol. The van der Waals surface area contributed by atoms with E-state index in [0.717, 1.165) is 5.69 Å². The van der Waals surface area contributed by atoms with Crippen molar-refractivity contribution in [3.05, 3.63) is 102 Å². The first kappa shape index (κ1) is 47.4. The van der Waals surface area contributed by atoms with Crippen molar-refractivity contribution in [3.63, 3.8) is 0 Å². The Balaban J connectivity index is 1.47. The topological polar surface area (TPSA) is 228 Å². The van der Waals surface area contributed by atoms with E-state index >= 15 is 4.79 Å². The Bertz CT molecular complexity index is 2360. The zero-order chi connectivity index (χ0) is 47.3. The highest BCUT2D eigenvalue weighted by molar-refractivity contribution is 6.05. The molecule has 3 aliphatic heterocycles. The Labute approximate surface area is 377 Å². The summed E-state index contributed by atoms with van der Waals surface area (Å²) >= 11 is 0. The number of aromatic nitrogens is 1. The van der Waals surface area contributed by atoms with Crippen molar-refractivity contribution in [1.82, 2.24) is 35.6 Å². The minimum absolute atomic E-state index is 0.0102. The van der Waals surface area contributed by atoms with Crippen molar-refractivity contribution in [2.45, 2.75) is 94.7 Å². The number of hydrogen-bond donors (Lipinski definition) is 4. The SMILES string of the molecule is C=C1CN2C(=O)[C@H](Cc3ccc(N(C)C)cc3)N(C)C(=O)[C@@H]3CCCN3C(=O)[C@@](C)(CC)NC(=O)[C@@H](NC(=O)c3ncccc3O)[C@@H](C)OC(=O)[C@H](c3ccccc3)NC(=O)[C@@H]2CC1=O. The van der Waals surface area contributed by atoms with Crippen molar-refractivity contribution in [2.75, 3.05) is 39.1 Å². The molecule has 18 heteroatoms. The third-order valence-electron chi connectivity index (χ3n) is 12.5. The number of ether oxygens (including phenoxy) is 1. The molecule has 3 aliphatic rings. The first-order valence-electron chi connectivity index (χ1n) is 21.5. The van der Waals surface area contributed by atoms with E-state index in [0.29, 0.717) is 12.0 Å². The largest absolute Gasteiger partial charge is 0.505 e. The van der Waals surface area contributed by atoms with Crippen molar-refractivity contribution >= 4 is 52.9 Å². The Morgan fingerprint density at radius 1 is 0.954 bits per heavy atom. The van der Waals surface area contributed by atoms with Crippen molar-refractivity contribution in [3.8, 4) is 5.75 Å². The van der Waals surface area contributed by atoms with Gasteiger partial charge in [0.2, 0.25) is 29.5 Å². The first-order chi connectivity index (χ1) is 30.8. The zero-order valence-electron chi connectivity index (χ0n) is 37.4. The smallest absolute Gasteiger partial charge is 0.333 e. The summed E-state index contributed by atoms with van der Waals surface area (Å²) in [6.07, 6.45) is -0.0625. The summed E-state index contributed by atoms with van der Waals surface area (Å²) in [7, 11) is 5.22. The maximum absolute atomic E-state index is 15.1. The van der Waals surface area contributed by atoms with Gasteiger partial charge in [0.15, 0.2) is 17.5 Å². The number of likely N-dealkylation sites (N-methyl/N-ethyl adjacent to an activating group) is 1. The molecule has 0 spiro atoms. The highest BCUT2D eigenvalue weighted by Crippen LogP contribution is 2.29. The molecule has 6 rings (SSSR count). The van der Waals surface area contributed by atoms with E-state index in [1.165, 1.54) is 53.9 Å². The predicted octanol–water partition coefficient (Wildman–Crippen LogP) is 1.83. The van der Waals surface area contributed by atoms with Gasteiger partial charge in [0, 0.05) is 64.5 Å². The van der Waals surface area contributed by atoms with Crippen LogP contribution in [0.3, 0.4) is 0 Å². The maximum Gasteiger partial charge on any atom is 0.333 e. The van der Waals surface area contributed by atoms with Crippen LogP contribution in [0.15, 0.2) is 85.1 Å². The zero-order valence-corrected chi connectivity index (χ0v) is 37.4. The lowest BCUT2D eigenvalue weighted by molar-refractivity contribution is -0.156. The quantitative estimate of drug-likeness (QED) is 0.197. The number of aromatic hydroxyl groups is 1. The van der Waals surface area contributed by atoms with Gasteiger partial charge >= 0.3 is 5.97 Å². The number of nitrogens with zero attached hydrogens (tertiary/aromatic N) is 5. The second-order valence-electron chi connectivity index (χ2n) is 17.1.